The number of benzene rings is 1. The molecule has 1 N–H and O–H groups in total. The van der Waals surface area contributed by atoms with Crippen molar-refractivity contribution >= 4 is 47.0 Å². The van der Waals surface area contributed by atoms with Gasteiger partial charge in [0, 0.05) is 28.9 Å². The number of carbonyl (C=O) groups excluding carboxylic acids is 1. The summed E-state index contributed by atoms with van der Waals surface area (Å²) < 4.78 is 4.96. The molecule has 2 aromatic heterocycles. The number of pyridine rings is 1. The number of anilines is 1. The van der Waals surface area contributed by atoms with E-state index in [2.05, 4.69) is 20.4 Å². The fourth-order valence-electron chi connectivity index (χ4n) is 2.19. The van der Waals surface area contributed by atoms with Crippen molar-refractivity contribution in [1.29, 1.82) is 0 Å². The molecule has 0 fully saturated rings. The maximum atomic E-state index is 12.4. The minimum Gasteiger partial charge on any atom is -0.360 e. The van der Waals surface area contributed by atoms with Gasteiger partial charge in [0.05, 0.1) is 10.9 Å². The van der Waals surface area contributed by atoms with E-state index < -0.39 is 0 Å². The first kappa shape index (κ1) is 19.1. The Morgan fingerprint density at radius 1 is 1.33 bits per heavy atom. The number of para-hydroxylation sites is 1. The van der Waals surface area contributed by atoms with Crippen molar-refractivity contribution in [1.82, 2.24) is 10.1 Å². The fraction of sp³-hybridized carbons (Fsp3) is 0.158. The maximum absolute atomic E-state index is 12.4. The molecule has 27 heavy (non-hydrogen) atoms. The summed E-state index contributed by atoms with van der Waals surface area (Å²) in [6.45, 7) is 3.59. The topological polar surface area (TPSA) is 80.4 Å². The van der Waals surface area contributed by atoms with Crippen LogP contribution >= 0.6 is 23.4 Å². The molecule has 0 radical (unpaired) electrons. The Morgan fingerprint density at radius 3 is 2.89 bits per heavy atom. The highest BCUT2D eigenvalue weighted by Crippen LogP contribution is 2.32. The average Bonchev–Trinajstić information content (AvgIpc) is 3.06. The van der Waals surface area contributed by atoms with Crippen LogP contribution in [0.1, 0.15) is 18.2 Å². The van der Waals surface area contributed by atoms with E-state index >= 15 is 0 Å². The van der Waals surface area contributed by atoms with Gasteiger partial charge in [0.15, 0.2) is 5.82 Å². The van der Waals surface area contributed by atoms with E-state index in [0.717, 1.165) is 16.1 Å². The smallest absolute Gasteiger partial charge is 0.238 e. The highest BCUT2D eigenvalue weighted by Gasteiger charge is 2.17. The second kappa shape index (κ2) is 8.83. The number of thioether (sulfide) groups is 1. The molecule has 0 bridgehead atoms. The molecule has 6 nitrogen and oxygen atoms in total. The van der Waals surface area contributed by atoms with Crippen molar-refractivity contribution in [2.75, 3.05) is 5.32 Å². The number of nitrogens with one attached hydrogen (secondary N) is 1. The Hall–Kier alpha value is -2.64. The summed E-state index contributed by atoms with van der Waals surface area (Å²) in [4.78, 5) is 21.8. The van der Waals surface area contributed by atoms with Crippen LogP contribution in [0.3, 0.4) is 0 Å². The zero-order valence-electron chi connectivity index (χ0n) is 14.7. The molecule has 0 spiro atoms. The largest absolute Gasteiger partial charge is 0.360 e. The van der Waals surface area contributed by atoms with Crippen LogP contribution < -0.4 is 5.32 Å². The van der Waals surface area contributed by atoms with Crippen molar-refractivity contribution in [2.24, 2.45) is 4.99 Å². The van der Waals surface area contributed by atoms with E-state index in [1.807, 2.05) is 37.3 Å². The Labute approximate surface area is 166 Å². The Morgan fingerprint density at radius 2 is 2.15 bits per heavy atom. The average molecular weight is 401 g/mol. The Bertz CT molecular complexity index is 974. The number of hydrogen-bond donors (Lipinski definition) is 1. The molecule has 0 aliphatic carbocycles. The van der Waals surface area contributed by atoms with Gasteiger partial charge in [-0.15, -0.1) is 11.8 Å². The van der Waals surface area contributed by atoms with Gasteiger partial charge in [-0.25, -0.2) is 4.98 Å². The molecule has 8 heteroatoms. The SMILES string of the molecule is Cc1cc(NC(=O)[C@@H](C)Sc2ccccc2N=Cc2cccnc2Cl)no1. The minimum atomic E-state index is -0.347. The van der Waals surface area contributed by atoms with Gasteiger partial charge in [0.25, 0.3) is 0 Å². The van der Waals surface area contributed by atoms with Crippen molar-refractivity contribution in [2.45, 2.75) is 24.0 Å². The quantitative estimate of drug-likeness (QED) is 0.361. The number of carbonyl (C=O) groups is 1. The number of rotatable bonds is 6. The number of halogens is 1. The standard InChI is InChI=1S/C19H17ClN4O2S/c1-12-10-17(24-26-12)23-19(25)13(2)27-16-8-4-3-7-15(16)22-11-14-6-5-9-21-18(14)20/h3-11,13H,1-2H3,(H,23,24,25)/t13-/m1/s1. The van der Waals surface area contributed by atoms with Gasteiger partial charge in [-0.05, 0) is 38.1 Å². The molecule has 1 amide bonds. The molecule has 3 aromatic rings. The summed E-state index contributed by atoms with van der Waals surface area (Å²) in [5.74, 6) is 0.879. The molecule has 0 saturated carbocycles. The van der Waals surface area contributed by atoms with Crippen LogP contribution in [-0.4, -0.2) is 27.5 Å². The number of amides is 1. The van der Waals surface area contributed by atoms with Gasteiger partial charge in [0.2, 0.25) is 5.91 Å². The van der Waals surface area contributed by atoms with Crippen LogP contribution in [0, 0.1) is 6.92 Å². The summed E-state index contributed by atoms with van der Waals surface area (Å²) in [7, 11) is 0. The lowest BCUT2D eigenvalue weighted by molar-refractivity contribution is -0.115. The van der Waals surface area contributed by atoms with Crippen LogP contribution in [0.25, 0.3) is 0 Å². The monoisotopic (exact) mass is 400 g/mol. The van der Waals surface area contributed by atoms with E-state index in [1.54, 1.807) is 31.5 Å². The van der Waals surface area contributed by atoms with Crippen LogP contribution in [0.15, 0.2) is 63.1 Å². The van der Waals surface area contributed by atoms with Crippen LogP contribution in [0.5, 0.6) is 0 Å². The van der Waals surface area contributed by atoms with E-state index in [9.17, 15) is 4.79 Å². The molecule has 1 atom stereocenters. The molecule has 2 heterocycles. The molecule has 138 valence electrons. The van der Waals surface area contributed by atoms with E-state index in [4.69, 9.17) is 16.1 Å². The lowest BCUT2D eigenvalue weighted by atomic mass is 10.3. The predicted molar refractivity (Wildman–Crippen MR) is 108 cm³/mol. The van der Waals surface area contributed by atoms with Gasteiger partial charge in [-0.2, -0.15) is 0 Å². The lowest BCUT2D eigenvalue weighted by Crippen LogP contribution is -2.22. The Kier molecular flexibility index (Phi) is 6.26. The zero-order chi connectivity index (χ0) is 19.2. The zero-order valence-corrected chi connectivity index (χ0v) is 16.3. The molecular weight excluding hydrogens is 384 g/mol. The first-order valence-corrected chi connectivity index (χ1v) is 9.43. The van der Waals surface area contributed by atoms with E-state index in [0.29, 0.717) is 16.7 Å². The third-order valence-electron chi connectivity index (χ3n) is 3.55. The highest BCUT2D eigenvalue weighted by molar-refractivity contribution is 8.00. The maximum Gasteiger partial charge on any atom is 0.238 e. The van der Waals surface area contributed by atoms with Gasteiger partial charge >= 0.3 is 0 Å². The van der Waals surface area contributed by atoms with Crippen molar-refractivity contribution < 1.29 is 9.32 Å². The third kappa shape index (κ3) is 5.18. The second-order valence-electron chi connectivity index (χ2n) is 5.68. The molecule has 1 aromatic carbocycles. The normalized spacial score (nSPS) is 12.3. The second-order valence-corrected chi connectivity index (χ2v) is 7.42. The lowest BCUT2D eigenvalue weighted by Gasteiger charge is -2.12. The van der Waals surface area contributed by atoms with E-state index in [1.165, 1.54) is 11.8 Å². The number of aryl methyl sites for hydroxylation is 1. The van der Waals surface area contributed by atoms with Crippen molar-refractivity contribution in [3.05, 3.63) is 65.1 Å². The van der Waals surface area contributed by atoms with Crippen LogP contribution in [-0.2, 0) is 4.79 Å². The fourth-order valence-corrected chi connectivity index (χ4v) is 3.31. The highest BCUT2D eigenvalue weighted by atomic mass is 35.5. The van der Waals surface area contributed by atoms with Gasteiger partial charge in [-0.3, -0.25) is 9.79 Å². The van der Waals surface area contributed by atoms with Crippen LogP contribution in [0.2, 0.25) is 5.15 Å². The number of aliphatic imine (C=N–C) groups is 1. The van der Waals surface area contributed by atoms with Gasteiger partial charge in [0.1, 0.15) is 10.9 Å². The van der Waals surface area contributed by atoms with E-state index in [-0.39, 0.29) is 11.2 Å². The summed E-state index contributed by atoms with van der Waals surface area (Å²) in [6.07, 6.45) is 3.29. The first-order valence-electron chi connectivity index (χ1n) is 8.17. The number of nitrogens with zero attached hydrogens (tertiary/aromatic N) is 3. The Balaban J connectivity index is 1.71. The van der Waals surface area contributed by atoms with Gasteiger partial charge < -0.3 is 9.84 Å². The summed E-state index contributed by atoms with van der Waals surface area (Å²) in [5.41, 5.74) is 1.48. The summed E-state index contributed by atoms with van der Waals surface area (Å²) >= 11 is 7.47. The molecular formula is C19H17ClN4O2S. The van der Waals surface area contributed by atoms with Gasteiger partial charge in [-0.1, -0.05) is 28.9 Å². The molecule has 0 saturated heterocycles. The first-order chi connectivity index (χ1) is 13.0. The number of aromatic nitrogens is 2. The molecule has 0 aliphatic rings. The summed E-state index contributed by atoms with van der Waals surface area (Å²) in [6, 6.07) is 12.9. The minimum absolute atomic E-state index is 0.164. The van der Waals surface area contributed by atoms with Crippen LogP contribution in [0.4, 0.5) is 11.5 Å². The molecule has 0 aliphatic heterocycles. The molecule has 0 unspecified atom stereocenters. The summed E-state index contributed by atoms with van der Waals surface area (Å²) in [5, 5.41) is 6.56. The molecule has 3 rings (SSSR count). The third-order valence-corrected chi connectivity index (χ3v) is 5.03. The van der Waals surface area contributed by atoms with Crippen molar-refractivity contribution in [3.8, 4) is 0 Å². The van der Waals surface area contributed by atoms with Crippen molar-refractivity contribution in [3.63, 3.8) is 0 Å². The number of hydrogen-bond acceptors (Lipinski definition) is 6. The predicted octanol–water partition coefficient (Wildman–Crippen LogP) is 4.90.